The number of nitrogens with zero attached hydrogens (tertiary/aromatic N) is 2. The van der Waals surface area contributed by atoms with E-state index in [0.29, 0.717) is 12.1 Å². The molecule has 0 radical (unpaired) electrons. The van der Waals surface area contributed by atoms with Crippen molar-refractivity contribution < 1.29 is 19.4 Å². The van der Waals surface area contributed by atoms with Gasteiger partial charge in [0.15, 0.2) is 11.5 Å². The van der Waals surface area contributed by atoms with Gasteiger partial charge in [-0.2, -0.15) is 5.26 Å². The number of aromatic nitrogens is 1. The summed E-state index contributed by atoms with van der Waals surface area (Å²) in [7, 11) is 0. The van der Waals surface area contributed by atoms with E-state index in [1.54, 1.807) is 6.92 Å². The van der Waals surface area contributed by atoms with Crippen molar-refractivity contribution in [3.05, 3.63) is 57.4 Å². The Morgan fingerprint density at radius 2 is 1.79 bits per heavy atom. The van der Waals surface area contributed by atoms with Crippen molar-refractivity contribution in [1.29, 1.82) is 5.26 Å². The maximum atomic E-state index is 12.5. The number of ether oxygens (including phenoxy) is 1. The van der Waals surface area contributed by atoms with Crippen molar-refractivity contribution in [3.63, 3.8) is 0 Å². The van der Waals surface area contributed by atoms with E-state index in [4.69, 9.17) is 4.74 Å². The van der Waals surface area contributed by atoms with Crippen LogP contribution in [0.3, 0.4) is 0 Å². The van der Waals surface area contributed by atoms with E-state index in [1.807, 2.05) is 26.8 Å². The molecule has 146 valence electrons. The maximum Gasteiger partial charge on any atom is 0.306 e. The van der Waals surface area contributed by atoms with Gasteiger partial charge < -0.3 is 9.84 Å². The van der Waals surface area contributed by atoms with E-state index in [0.717, 1.165) is 22.3 Å². The van der Waals surface area contributed by atoms with Crippen molar-refractivity contribution in [2.24, 2.45) is 0 Å². The Balaban J connectivity index is 2.35. The number of Topliss-reactive ketones (excluding diaryl/α,β-unsaturated/α-hetero) is 1. The van der Waals surface area contributed by atoms with Gasteiger partial charge in [0.1, 0.15) is 11.8 Å². The van der Waals surface area contributed by atoms with Gasteiger partial charge in [0.05, 0.1) is 18.6 Å². The molecule has 0 unspecified atom stereocenters. The number of carbonyl (C=O) groups is 2. The molecule has 0 aliphatic rings. The molecule has 6 nitrogen and oxygen atoms in total. The molecule has 1 heterocycles. The standard InChI is InChI=1S/C22H24N2O4/c1-5-28-20(26)7-6-19(25)21-22(27)16(12-23)10-17(24-21)11-18-14(3)8-13(2)9-15(18)4/h8-10,27H,5-7,11H2,1-4H3. The topological polar surface area (TPSA) is 100 Å². The molecule has 1 aromatic heterocycles. The average Bonchev–Trinajstić information content (AvgIpc) is 2.63. The lowest BCUT2D eigenvalue weighted by Gasteiger charge is -2.13. The predicted molar refractivity (Wildman–Crippen MR) is 104 cm³/mol. The quantitative estimate of drug-likeness (QED) is 0.581. The molecule has 0 amide bonds. The van der Waals surface area contributed by atoms with Gasteiger partial charge in [-0.15, -0.1) is 0 Å². The minimum atomic E-state index is -0.499. The molecule has 6 heteroatoms. The van der Waals surface area contributed by atoms with Crippen LogP contribution in [0.2, 0.25) is 0 Å². The third-order valence-corrected chi connectivity index (χ3v) is 4.49. The number of hydrogen-bond donors (Lipinski definition) is 1. The summed E-state index contributed by atoms with van der Waals surface area (Å²) in [5.74, 6) is -1.43. The highest BCUT2D eigenvalue weighted by molar-refractivity contribution is 5.98. The van der Waals surface area contributed by atoms with Crippen LogP contribution >= 0.6 is 0 Å². The zero-order chi connectivity index (χ0) is 20.8. The minimum Gasteiger partial charge on any atom is -0.504 e. The Hall–Kier alpha value is -3.20. The fraction of sp³-hybridized carbons (Fsp3) is 0.364. The Kier molecular flexibility index (Phi) is 6.89. The first kappa shape index (κ1) is 21.1. The molecule has 2 aromatic rings. The van der Waals surface area contributed by atoms with Crippen LogP contribution in [0.1, 0.15) is 63.8 Å². The lowest BCUT2D eigenvalue weighted by molar-refractivity contribution is -0.143. The molecule has 0 atom stereocenters. The number of rotatable bonds is 7. The summed E-state index contributed by atoms with van der Waals surface area (Å²) in [6.07, 6.45) is 0.192. The van der Waals surface area contributed by atoms with Crippen LogP contribution in [0, 0.1) is 32.1 Å². The molecule has 0 aliphatic heterocycles. The number of aryl methyl sites for hydroxylation is 3. The zero-order valence-electron chi connectivity index (χ0n) is 16.6. The average molecular weight is 380 g/mol. The van der Waals surface area contributed by atoms with E-state index in [9.17, 15) is 20.0 Å². The summed E-state index contributed by atoms with van der Waals surface area (Å²) >= 11 is 0. The Bertz CT molecular complexity index is 935. The number of benzene rings is 1. The number of esters is 1. The SMILES string of the molecule is CCOC(=O)CCC(=O)c1nc(Cc2c(C)cc(C)cc2C)cc(C#N)c1O. The van der Waals surface area contributed by atoms with E-state index in [2.05, 4.69) is 17.1 Å². The monoisotopic (exact) mass is 380 g/mol. The van der Waals surface area contributed by atoms with Gasteiger partial charge in [0, 0.05) is 18.5 Å². The molecular formula is C22H24N2O4. The van der Waals surface area contributed by atoms with Crippen molar-refractivity contribution in [2.75, 3.05) is 6.61 Å². The lowest BCUT2D eigenvalue weighted by Crippen LogP contribution is -2.11. The van der Waals surface area contributed by atoms with Crippen LogP contribution in [0.15, 0.2) is 18.2 Å². The zero-order valence-corrected chi connectivity index (χ0v) is 16.6. The van der Waals surface area contributed by atoms with Crippen molar-refractivity contribution in [2.45, 2.75) is 47.0 Å². The molecule has 0 fully saturated rings. The molecular weight excluding hydrogens is 356 g/mol. The summed E-state index contributed by atoms with van der Waals surface area (Å²) in [6, 6.07) is 7.54. The fourth-order valence-corrected chi connectivity index (χ4v) is 3.20. The molecule has 28 heavy (non-hydrogen) atoms. The molecule has 1 aromatic carbocycles. The van der Waals surface area contributed by atoms with Crippen molar-refractivity contribution in [1.82, 2.24) is 4.98 Å². The smallest absolute Gasteiger partial charge is 0.306 e. The lowest BCUT2D eigenvalue weighted by atomic mass is 9.95. The van der Waals surface area contributed by atoms with E-state index in [-0.39, 0.29) is 30.7 Å². The van der Waals surface area contributed by atoms with Gasteiger partial charge in [-0.25, -0.2) is 4.98 Å². The number of nitriles is 1. The Labute approximate surface area is 164 Å². The first-order valence-electron chi connectivity index (χ1n) is 9.15. The van der Waals surface area contributed by atoms with Crippen LogP contribution in [0.4, 0.5) is 0 Å². The van der Waals surface area contributed by atoms with Crippen molar-refractivity contribution >= 4 is 11.8 Å². The second-order valence-corrected chi connectivity index (χ2v) is 6.75. The van der Waals surface area contributed by atoms with Crippen LogP contribution in [-0.2, 0) is 16.0 Å². The third-order valence-electron chi connectivity index (χ3n) is 4.49. The van der Waals surface area contributed by atoms with Gasteiger partial charge in [-0.05, 0) is 50.5 Å². The fourth-order valence-electron chi connectivity index (χ4n) is 3.20. The van der Waals surface area contributed by atoms with E-state index < -0.39 is 17.5 Å². The largest absolute Gasteiger partial charge is 0.504 e. The highest BCUT2D eigenvalue weighted by Crippen LogP contribution is 2.26. The molecule has 1 N–H and O–H groups in total. The molecule has 0 bridgehead atoms. The Morgan fingerprint density at radius 3 is 2.36 bits per heavy atom. The molecule has 0 saturated heterocycles. The summed E-state index contributed by atoms with van der Waals surface area (Å²) < 4.78 is 4.82. The predicted octanol–water partition coefficient (Wildman–Crippen LogP) is 3.70. The highest BCUT2D eigenvalue weighted by Gasteiger charge is 2.20. The molecule has 0 spiro atoms. The van der Waals surface area contributed by atoms with Crippen LogP contribution in [-0.4, -0.2) is 28.4 Å². The molecule has 2 rings (SSSR count). The van der Waals surface area contributed by atoms with Crippen molar-refractivity contribution in [3.8, 4) is 11.8 Å². The minimum absolute atomic E-state index is 0.00750. The normalized spacial score (nSPS) is 10.4. The summed E-state index contributed by atoms with van der Waals surface area (Å²) in [5, 5.41) is 19.6. The van der Waals surface area contributed by atoms with E-state index in [1.165, 1.54) is 6.07 Å². The van der Waals surface area contributed by atoms with Gasteiger partial charge in [0.2, 0.25) is 0 Å². The van der Waals surface area contributed by atoms with Crippen LogP contribution in [0.25, 0.3) is 0 Å². The second kappa shape index (κ2) is 9.14. The van der Waals surface area contributed by atoms with Gasteiger partial charge >= 0.3 is 5.97 Å². The summed E-state index contributed by atoms with van der Waals surface area (Å²) in [5.41, 5.74) is 4.75. The van der Waals surface area contributed by atoms with E-state index >= 15 is 0 Å². The van der Waals surface area contributed by atoms with Crippen LogP contribution in [0.5, 0.6) is 5.75 Å². The van der Waals surface area contributed by atoms with Gasteiger partial charge in [-0.3, -0.25) is 9.59 Å². The number of carbonyl (C=O) groups excluding carboxylic acids is 2. The first-order chi connectivity index (χ1) is 13.3. The van der Waals surface area contributed by atoms with Gasteiger partial charge in [0.25, 0.3) is 0 Å². The number of aromatic hydroxyl groups is 1. The maximum absolute atomic E-state index is 12.5. The third kappa shape index (κ3) is 4.95. The highest BCUT2D eigenvalue weighted by atomic mass is 16.5. The summed E-state index contributed by atoms with van der Waals surface area (Å²) in [6.45, 7) is 7.96. The first-order valence-corrected chi connectivity index (χ1v) is 9.15. The second-order valence-electron chi connectivity index (χ2n) is 6.75. The molecule has 0 aliphatic carbocycles. The molecule has 0 saturated carbocycles. The number of pyridine rings is 1. The number of hydrogen-bond acceptors (Lipinski definition) is 6. The number of ketones is 1. The van der Waals surface area contributed by atoms with Crippen LogP contribution < -0.4 is 0 Å². The summed E-state index contributed by atoms with van der Waals surface area (Å²) in [4.78, 5) is 28.3. The Morgan fingerprint density at radius 1 is 1.14 bits per heavy atom. The van der Waals surface area contributed by atoms with Gasteiger partial charge in [-0.1, -0.05) is 17.7 Å².